The average molecular weight is 259 g/mol. The Hall–Kier alpha value is -0.830. The first-order valence-electron chi connectivity index (χ1n) is 8.25. The summed E-state index contributed by atoms with van der Waals surface area (Å²) in [6.07, 6.45) is 13.4. The summed E-state index contributed by atoms with van der Waals surface area (Å²) >= 11 is 0. The highest BCUT2D eigenvalue weighted by atomic mass is 15.2. The van der Waals surface area contributed by atoms with E-state index in [0.29, 0.717) is 6.04 Å². The summed E-state index contributed by atoms with van der Waals surface area (Å²) < 4.78 is 0. The average Bonchev–Trinajstić information content (AvgIpc) is 3.17. The number of rotatable bonds is 2. The van der Waals surface area contributed by atoms with Crippen molar-refractivity contribution in [3.05, 3.63) is 17.2 Å². The second-order valence-corrected chi connectivity index (χ2v) is 6.59. The Morgan fingerprint density at radius 2 is 1.79 bits per heavy atom. The Morgan fingerprint density at radius 1 is 0.947 bits per heavy atom. The minimum atomic E-state index is 0.591. The largest absolute Gasteiger partial charge is 0.344 e. The van der Waals surface area contributed by atoms with Crippen molar-refractivity contribution in [3.8, 4) is 0 Å². The Kier molecular flexibility index (Phi) is 3.10. The standard InChI is InChI=1S/C16H25N3/c1-2-7-12(6-1)19-11-5-10-15(19)16-17-13-8-3-4-9-14(13)18-16/h12,15H,1-11H2,(H,17,18). The third-order valence-corrected chi connectivity index (χ3v) is 5.38. The molecular formula is C16H25N3. The summed E-state index contributed by atoms with van der Waals surface area (Å²) in [7, 11) is 0. The van der Waals surface area contributed by atoms with E-state index in [0.717, 1.165) is 6.04 Å². The Morgan fingerprint density at radius 3 is 2.63 bits per heavy atom. The van der Waals surface area contributed by atoms with Gasteiger partial charge in [-0.3, -0.25) is 4.90 Å². The molecule has 104 valence electrons. The van der Waals surface area contributed by atoms with Crippen LogP contribution < -0.4 is 0 Å². The molecule has 19 heavy (non-hydrogen) atoms. The van der Waals surface area contributed by atoms with E-state index in [4.69, 9.17) is 4.98 Å². The molecule has 0 amide bonds. The van der Waals surface area contributed by atoms with Gasteiger partial charge in [-0.05, 0) is 57.9 Å². The molecule has 3 nitrogen and oxygen atoms in total. The van der Waals surface area contributed by atoms with Crippen molar-refractivity contribution in [1.29, 1.82) is 0 Å². The van der Waals surface area contributed by atoms with Gasteiger partial charge >= 0.3 is 0 Å². The highest BCUT2D eigenvalue weighted by Crippen LogP contribution is 2.37. The molecular weight excluding hydrogens is 234 g/mol. The van der Waals surface area contributed by atoms with Crippen molar-refractivity contribution in [2.24, 2.45) is 0 Å². The van der Waals surface area contributed by atoms with Crippen molar-refractivity contribution in [2.75, 3.05) is 6.54 Å². The zero-order chi connectivity index (χ0) is 12.7. The molecule has 0 radical (unpaired) electrons. The summed E-state index contributed by atoms with van der Waals surface area (Å²) in [4.78, 5) is 11.4. The Bertz CT molecular complexity index is 421. The third kappa shape index (κ3) is 2.12. The Labute approximate surface area is 115 Å². The first kappa shape index (κ1) is 12.0. The summed E-state index contributed by atoms with van der Waals surface area (Å²) in [5.74, 6) is 1.29. The first-order valence-corrected chi connectivity index (χ1v) is 8.25. The van der Waals surface area contributed by atoms with Gasteiger partial charge in [0.2, 0.25) is 0 Å². The fraction of sp³-hybridized carbons (Fsp3) is 0.812. The van der Waals surface area contributed by atoms with Crippen molar-refractivity contribution in [1.82, 2.24) is 14.9 Å². The topological polar surface area (TPSA) is 31.9 Å². The molecule has 1 atom stereocenters. The maximum atomic E-state index is 4.96. The minimum absolute atomic E-state index is 0.591. The van der Waals surface area contributed by atoms with E-state index in [2.05, 4.69) is 9.88 Å². The van der Waals surface area contributed by atoms with Gasteiger partial charge in [-0.25, -0.2) is 4.98 Å². The molecule has 1 saturated heterocycles. The predicted octanol–water partition coefficient (Wildman–Crippen LogP) is 3.37. The zero-order valence-corrected chi connectivity index (χ0v) is 11.8. The van der Waals surface area contributed by atoms with Crippen LogP contribution in [0.4, 0.5) is 0 Å². The number of hydrogen-bond donors (Lipinski definition) is 1. The van der Waals surface area contributed by atoms with Gasteiger partial charge in [0.25, 0.3) is 0 Å². The van der Waals surface area contributed by atoms with Crippen LogP contribution >= 0.6 is 0 Å². The minimum Gasteiger partial charge on any atom is -0.344 e. The van der Waals surface area contributed by atoms with E-state index in [1.807, 2.05) is 0 Å². The highest BCUT2D eigenvalue weighted by molar-refractivity contribution is 5.19. The van der Waals surface area contributed by atoms with Crippen molar-refractivity contribution in [3.63, 3.8) is 0 Å². The second-order valence-electron chi connectivity index (χ2n) is 6.59. The lowest BCUT2D eigenvalue weighted by Crippen LogP contribution is -2.33. The van der Waals surface area contributed by atoms with Crippen LogP contribution in [0, 0.1) is 0 Å². The smallest absolute Gasteiger partial charge is 0.124 e. The summed E-state index contributed by atoms with van der Waals surface area (Å²) in [6, 6.07) is 1.43. The number of fused-ring (bicyclic) bond motifs is 1. The molecule has 3 aliphatic rings. The van der Waals surface area contributed by atoms with E-state index >= 15 is 0 Å². The summed E-state index contributed by atoms with van der Waals surface area (Å²) in [6.45, 7) is 1.29. The number of imidazole rings is 1. The molecule has 4 rings (SSSR count). The van der Waals surface area contributed by atoms with Crippen LogP contribution in [0.1, 0.15) is 74.6 Å². The predicted molar refractivity (Wildman–Crippen MR) is 76.2 cm³/mol. The van der Waals surface area contributed by atoms with Crippen molar-refractivity contribution in [2.45, 2.75) is 76.3 Å². The normalized spacial score (nSPS) is 28.9. The van der Waals surface area contributed by atoms with Crippen LogP contribution in [0.3, 0.4) is 0 Å². The molecule has 1 unspecified atom stereocenters. The molecule has 1 aliphatic heterocycles. The molecule has 0 bridgehead atoms. The van der Waals surface area contributed by atoms with Gasteiger partial charge in [-0.2, -0.15) is 0 Å². The first-order chi connectivity index (χ1) is 9.42. The van der Waals surface area contributed by atoms with E-state index in [-0.39, 0.29) is 0 Å². The quantitative estimate of drug-likeness (QED) is 0.883. The fourth-order valence-electron chi connectivity index (χ4n) is 4.39. The van der Waals surface area contributed by atoms with Gasteiger partial charge in [0, 0.05) is 11.7 Å². The molecule has 2 aliphatic carbocycles. The fourth-order valence-corrected chi connectivity index (χ4v) is 4.39. The van der Waals surface area contributed by atoms with Crippen molar-refractivity contribution < 1.29 is 0 Å². The number of aryl methyl sites for hydroxylation is 2. The van der Waals surface area contributed by atoms with Gasteiger partial charge in [-0.15, -0.1) is 0 Å². The number of aromatic nitrogens is 2. The summed E-state index contributed by atoms with van der Waals surface area (Å²) in [5.41, 5.74) is 2.82. The van der Waals surface area contributed by atoms with Crippen LogP contribution in [-0.4, -0.2) is 27.5 Å². The van der Waals surface area contributed by atoms with Gasteiger partial charge in [-0.1, -0.05) is 12.8 Å². The molecule has 2 fully saturated rings. The molecule has 1 N–H and O–H groups in total. The SMILES string of the molecule is C1CCc2[nH]c(C3CCCN3C3CCCC3)nc2C1. The molecule has 1 saturated carbocycles. The maximum Gasteiger partial charge on any atom is 0.124 e. The van der Waals surface area contributed by atoms with E-state index in [1.165, 1.54) is 88.0 Å². The van der Waals surface area contributed by atoms with Crippen LogP contribution in [0.5, 0.6) is 0 Å². The third-order valence-electron chi connectivity index (χ3n) is 5.38. The molecule has 1 aromatic heterocycles. The number of hydrogen-bond acceptors (Lipinski definition) is 2. The van der Waals surface area contributed by atoms with Gasteiger partial charge < -0.3 is 4.98 Å². The van der Waals surface area contributed by atoms with Crippen LogP contribution in [0.25, 0.3) is 0 Å². The lowest BCUT2D eigenvalue weighted by molar-refractivity contribution is 0.177. The van der Waals surface area contributed by atoms with Gasteiger partial charge in [0.15, 0.2) is 0 Å². The lowest BCUT2D eigenvalue weighted by Gasteiger charge is -2.29. The van der Waals surface area contributed by atoms with Gasteiger partial charge in [0.1, 0.15) is 5.82 Å². The zero-order valence-electron chi connectivity index (χ0n) is 11.8. The number of likely N-dealkylation sites (tertiary alicyclic amines) is 1. The summed E-state index contributed by atoms with van der Waals surface area (Å²) in [5, 5.41) is 0. The van der Waals surface area contributed by atoms with E-state index in [1.54, 1.807) is 0 Å². The highest BCUT2D eigenvalue weighted by Gasteiger charge is 2.35. The number of nitrogens with one attached hydrogen (secondary N) is 1. The molecule has 0 aromatic carbocycles. The second kappa shape index (κ2) is 4.93. The monoisotopic (exact) mass is 259 g/mol. The van der Waals surface area contributed by atoms with Crippen LogP contribution in [-0.2, 0) is 12.8 Å². The molecule has 1 aromatic rings. The molecule has 2 heterocycles. The molecule has 0 spiro atoms. The van der Waals surface area contributed by atoms with Crippen LogP contribution in [0.15, 0.2) is 0 Å². The maximum absolute atomic E-state index is 4.96. The number of nitrogens with zero attached hydrogens (tertiary/aromatic N) is 2. The van der Waals surface area contributed by atoms with E-state index < -0.39 is 0 Å². The Balaban J connectivity index is 1.58. The number of aromatic amines is 1. The van der Waals surface area contributed by atoms with Gasteiger partial charge in [0.05, 0.1) is 11.7 Å². The number of H-pyrrole nitrogens is 1. The lowest BCUT2D eigenvalue weighted by atomic mass is 10.0. The van der Waals surface area contributed by atoms with E-state index in [9.17, 15) is 0 Å². The molecule has 3 heteroatoms. The van der Waals surface area contributed by atoms with Crippen LogP contribution in [0.2, 0.25) is 0 Å². The van der Waals surface area contributed by atoms with Crippen molar-refractivity contribution >= 4 is 0 Å².